The molecule has 2 nitrogen and oxygen atoms in total. The van der Waals surface area contributed by atoms with Crippen molar-refractivity contribution in [3.8, 4) is 0 Å². The Morgan fingerprint density at radius 1 is 0.821 bits per heavy atom. The summed E-state index contributed by atoms with van der Waals surface area (Å²) in [5.74, 6) is 0.650. The fourth-order valence-electron chi connectivity index (χ4n) is 4.15. The van der Waals surface area contributed by atoms with Gasteiger partial charge in [0.15, 0.2) is 0 Å². The lowest BCUT2D eigenvalue weighted by atomic mass is 9.75. The van der Waals surface area contributed by atoms with Crippen LogP contribution in [0.4, 0.5) is 0 Å². The third kappa shape index (κ3) is 3.21. The van der Waals surface area contributed by atoms with Gasteiger partial charge in [0.25, 0.3) is 0 Å². The highest BCUT2D eigenvalue weighted by atomic mass is 35.5. The minimum absolute atomic E-state index is 0.275. The molecule has 5 rings (SSSR count). The third-order valence-electron chi connectivity index (χ3n) is 5.47. The van der Waals surface area contributed by atoms with E-state index in [1.165, 1.54) is 21.6 Å². The van der Waals surface area contributed by atoms with Crippen molar-refractivity contribution < 1.29 is 0 Å². The molecule has 0 radical (unpaired) electrons. The van der Waals surface area contributed by atoms with E-state index in [-0.39, 0.29) is 5.92 Å². The lowest BCUT2D eigenvalue weighted by Crippen LogP contribution is -2.17. The first kappa shape index (κ1) is 18.4. The van der Waals surface area contributed by atoms with Crippen molar-refractivity contribution in [3.63, 3.8) is 0 Å². The number of aromatic nitrogens is 2. The molecule has 1 aliphatic rings. The summed E-state index contributed by atoms with van der Waals surface area (Å²) < 4.78 is 0. The highest BCUT2D eigenvalue weighted by molar-refractivity contribution is 7.19. The first-order chi connectivity index (χ1) is 13.6. The largest absolute Gasteiger partial charge is 0.225 e. The van der Waals surface area contributed by atoms with Gasteiger partial charge in [0, 0.05) is 20.8 Å². The zero-order valence-electron chi connectivity index (χ0n) is 14.7. The number of benzene rings is 2. The minimum Gasteiger partial charge on any atom is -0.225 e. The molecule has 6 heteroatoms. The van der Waals surface area contributed by atoms with Gasteiger partial charge < -0.3 is 0 Å². The summed E-state index contributed by atoms with van der Waals surface area (Å²) in [6.45, 7) is 0. The van der Waals surface area contributed by atoms with Crippen LogP contribution in [0.25, 0.3) is 10.2 Å². The highest BCUT2D eigenvalue weighted by Gasteiger charge is 2.33. The summed E-state index contributed by atoms with van der Waals surface area (Å²) in [6, 6.07) is 16.4. The van der Waals surface area contributed by atoms with Gasteiger partial charge in [-0.25, -0.2) is 9.97 Å². The Bertz CT molecular complexity index is 1150. The second-order valence-electron chi connectivity index (χ2n) is 7.08. The van der Waals surface area contributed by atoms with E-state index in [1.54, 1.807) is 17.7 Å². The quantitative estimate of drug-likeness (QED) is 0.298. The summed E-state index contributed by atoms with van der Waals surface area (Å²) in [7, 11) is 0. The predicted octanol–water partition coefficient (Wildman–Crippen LogP) is 7.51. The fraction of sp³-hybridized carbons (Fsp3) is 0.182. The molecule has 0 N–H and O–H groups in total. The standard InChI is InChI=1S/C22H15Cl3N2S/c23-15-5-1-12(2-6-15)14-9-17(13-3-7-16(24)8-4-13)20-18(10-14)19-21(25)26-11-27-22(19)28-20/h1-8,11,14,17H,9-10H2. The first-order valence-corrected chi connectivity index (χ1v) is 11.0. The minimum atomic E-state index is 0.275. The topological polar surface area (TPSA) is 25.8 Å². The molecular formula is C22H15Cl3N2S. The third-order valence-corrected chi connectivity index (χ3v) is 7.52. The molecule has 0 spiro atoms. The number of thiophene rings is 1. The molecule has 140 valence electrons. The maximum atomic E-state index is 6.49. The van der Waals surface area contributed by atoms with Crippen molar-refractivity contribution in [3.05, 3.63) is 91.6 Å². The highest BCUT2D eigenvalue weighted by Crippen LogP contribution is 2.50. The van der Waals surface area contributed by atoms with Crippen LogP contribution in [0.15, 0.2) is 54.9 Å². The summed E-state index contributed by atoms with van der Waals surface area (Å²) >= 11 is 20.5. The van der Waals surface area contributed by atoms with Gasteiger partial charge >= 0.3 is 0 Å². The van der Waals surface area contributed by atoms with Crippen molar-refractivity contribution in [1.82, 2.24) is 9.97 Å². The van der Waals surface area contributed by atoms with Crippen molar-refractivity contribution in [2.45, 2.75) is 24.7 Å². The smallest absolute Gasteiger partial charge is 0.141 e. The van der Waals surface area contributed by atoms with Crippen LogP contribution in [0.1, 0.15) is 39.8 Å². The number of rotatable bonds is 2. The second-order valence-corrected chi connectivity index (χ2v) is 9.34. The fourth-order valence-corrected chi connectivity index (χ4v) is 6.01. The van der Waals surface area contributed by atoms with Crippen LogP contribution in [0.5, 0.6) is 0 Å². The molecule has 2 unspecified atom stereocenters. The molecule has 4 aromatic rings. The van der Waals surface area contributed by atoms with Crippen LogP contribution in [-0.4, -0.2) is 9.97 Å². The predicted molar refractivity (Wildman–Crippen MR) is 118 cm³/mol. The van der Waals surface area contributed by atoms with E-state index in [0.717, 1.165) is 33.1 Å². The van der Waals surface area contributed by atoms with E-state index in [4.69, 9.17) is 34.8 Å². The van der Waals surface area contributed by atoms with Crippen LogP contribution >= 0.6 is 46.1 Å². The van der Waals surface area contributed by atoms with E-state index >= 15 is 0 Å². The molecule has 0 fully saturated rings. The lowest BCUT2D eigenvalue weighted by molar-refractivity contribution is 0.546. The molecule has 2 aromatic carbocycles. The molecule has 0 saturated carbocycles. The average Bonchev–Trinajstić information content (AvgIpc) is 3.08. The SMILES string of the molecule is Clc1ccc(C2Cc3c(sc4ncnc(Cl)c34)C(c3ccc(Cl)cc3)C2)cc1. The van der Waals surface area contributed by atoms with Crippen LogP contribution < -0.4 is 0 Å². The van der Waals surface area contributed by atoms with E-state index < -0.39 is 0 Å². The first-order valence-electron chi connectivity index (χ1n) is 9.03. The van der Waals surface area contributed by atoms with E-state index in [0.29, 0.717) is 11.1 Å². The average molecular weight is 446 g/mol. The number of fused-ring (bicyclic) bond motifs is 3. The van der Waals surface area contributed by atoms with Gasteiger partial charge in [-0.2, -0.15) is 0 Å². The summed E-state index contributed by atoms with van der Waals surface area (Å²) in [5.41, 5.74) is 3.83. The van der Waals surface area contributed by atoms with Gasteiger partial charge in [0.2, 0.25) is 0 Å². The van der Waals surface area contributed by atoms with Gasteiger partial charge in [0.05, 0.1) is 5.39 Å². The van der Waals surface area contributed by atoms with Gasteiger partial charge in [-0.1, -0.05) is 59.1 Å². The Kier molecular flexibility index (Phi) is 4.80. The zero-order chi connectivity index (χ0) is 19.3. The van der Waals surface area contributed by atoms with Gasteiger partial charge in [-0.05, 0) is 59.7 Å². The summed E-state index contributed by atoms with van der Waals surface area (Å²) in [5, 5.41) is 3.04. The van der Waals surface area contributed by atoms with Crippen molar-refractivity contribution in [2.75, 3.05) is 0 Å². The van der Waals surface area contributed by atoms with Gasteiger partial charge in [-0.15, -0.1) is 11.3 Å². The van der Waals surface area contributed by atoms with Gasteiger partial charge in [-0.3, -0.25) is 0 Å². The maximum absolute atomic E-state index is 6.49. The van der Waals surface area contributed by atoms with Crippen LogP contribution in [0.2, 0.25) is 15.2 Å². The van der Waals surface area contributed by atoms with Crippen LogP contribution in [-0.2, 0) is 6.42 Å². The van der Waals surface area contributed by atoms with Gasteiger partial charge in [0.1, 0.15) is 16.3 Å². The lowest BCUT2D eigenvalue weighted by Gasteiger charge is -2.30. The van der Waals surface area contributed by atoms with E-state index in [1.807, 2.05) is 24.3 Å². The van der Waals surface area contributed by atoms with E-state index in [2.05, 4.69) is 34.2 Å². The number of halogens is 3. The molecule has 0 amide bonds. The molecule has 2 atom stereocenters. The molecular weight excluding hydrogens is 431 g/mol. The summed E-state index contributed by atoms with van der Waals surface area (Å²) in [6.07, 6.45) is 3.49. The zero-order valence-corrected chi connectivity index (χ0v) is 17.8. The number of hydrogen-bond donors (Lipinski definition) is 0. The van der Waals surface area contributed by atoms with Crippen LogP contribution in [0, 0.1) is 0 Å². The maximum Gasteiger partial charge on any atom is 0.141 e. The molecule has 0 saturated heterocycles. The van der Waals surface area contributed by atoms with Crippen molar-refractivity contribution in [1.29, 1.82) is 0 Å². The Labute approximate surface area is 182 Å². The Morgan fingerprint density at radius 2 is 1.46 bits per heavy atom. The Balaban J connectivity index is 1.68. The van der Waals surface area contributed by atoms with E-state index in [9.17, 15) is 0 Å². The molecule has 0 aliphatic heterocycles. The summed E-state index contributed by atoms with van der Waals surface area (Å²) in [4.78, 5) is 11.0. The molecule has 28 heavy (non-hydrogen) atoms. The Morgan fingerprint density at radius 3 is 2.14 bits per heavy atom. The molecule has 1 aliphatic carbocycles. The second kappa shape index (κ2) is 7.31. The Hall–Kier alpha value is -1.65. The molecule has 2 aromatic heterocycles. The van der Waals surface area contributed by atoms with Crippen molar-refractivity contribution in [2.24, 2.45) is 0 Å². The van der Waals surface area contributed by atoms with Crippen LogP contribution in [0.3, 0.4) is 0 Å². The normalized spacial score (nSPS) is 19.0. The molecule has 0 bridgehead atoms. The number of nitrogens with zero attached hydrogens (tertiary/aromatic N) is 2. The van der Waals surface area contributed by atoms with Crippen molar-refractivity contribution >= 4 is 56.4 Å². The molecule has 2 heterocycles. The monoisotopic (exact) mass is 444 g/mol. The number of hydrogen-bond acceptors (Lipinski definition) is 3.